The Bertz CT molecular complexity index is 271. The Morgan fingerprint density at radius 3 is 2.19 bits per heavy atom. The third kappa shape index (κ3) is 11.5. The SMILES string of the molecule is C(CCOC1CCCCO1)COCCCOCCCCC1CCCOC1. The van der Waals surface area contributed by atoms with E-state index in [-0.39, 0.29) is 6.29 Å². The monoisotopic (exact) mass is 372 g/mol. The summed E-state index contributed by atoms with van der Waals surface area (Å²) in [6.07, 6.45) is 12.9. The van der Waals surface area contributed by atoms with Gasteiger partial charge in [-0.1, -0.05) is 6.42 Å². The van der Waals surface area contributed by atoms with Crippen LogP contribution < -0.4 is 0 Å². The van der Waals surface area contributed by atoms with Crippen molar-refractivity contribution in [2.45, 2.75) is 76.9 Å². The smallest absolute Gasteiger partial charge is 0.157 e. The summed E-state index contributed by atoms with van der Waals surface area (Å²) in [4.78, 5) is 0. The maximum absolute atomic E-state index is 5.71. The van der Waals surface area contributed by atoms with E-state index in [2.05, 4.69) is 0 Å². The van der Waals surface area contributed by atoms with Crippen molar-refractivity contribution in [2.24, 2.45) is 5.92 Å². The lowest BCUT2D eigenvalue weighted by molar-refractivity contribution is -0.163. The van der Waals surface area contributed by atoms with Crippen LogP contribution in [0.1, 0.15) is 70.6 Å². The molecule has 0 N–H and O–H groups in total. The average Bonchev–Trinajstić information content (AvgIpc) is 2.70. The molecule has 5 nitrogen and oxygen atoms in total. The highest BCUT2D eigenvalue weighted by molar-refractivity contribution is 4.63. The molecule has 2 saturated heterocycles. The molecule has 2 heterocycles. The summed E-state index contributed by atoms with van der Waals surface area (Å²) >= 11 is 0. The van der Waals surface area contributed by atoms with Crippen molar-refractivity contribution in [1.29, 1.82) is 0 Å². The van der Waals surface area contributed by atoms with Crippen molar-refractivity contribution >= 4 is 0 Å². The second-order valence-electron chi connectivity index (χ2n) is 7.53. The molecule has 2 aliphatic rings. The van der Waals surface area contributed by atoms with Crippen LogP contribution >= 0.6 is 0 Å². The summed E-state index contributed by atoms with van der Waals surface area (Å²) in [6, 6.07) is 0. The number of rotatable bonds is 15. The van der Waals surface area contributed by atoms with Crippen molar-refractivity contribution in [3.63, 3.8) is 0 Å². The van der Waals surface area contributed by atoms with Gasteiger partial charge in [-0.15, -0.1) is 0 Å². The quantitative estimate of drug-likeness (QED) is 0.400. The molecule has 2 aliphatic heterocycles. The van der Waals surface area contributed by atoms with Crippen molar-refractivity contribution < 1.29 is 23.7 Å². The lowest BCUT2D eigenvalue weighted by Crippen LogP contribution is -2.22. The van der Waals surface area contributed by atoms with Crippen LogP contribution in [0, 0.1) is 5.92 Å². The summed E-state index contributed by atoms with van der Waals surface area (Å²) in [5.41, 5.74) is 0. The lowest BCUT2D eigenvalue weighted by atomic mass is 9.96. The third-order valence-corrected chi connectivity index (χ3v) is 5.11. The molecule has 2 atom stereocenters. The van der Waals surface area contributed by atoms with Gasteiger partial charge in [-0.25, -0.2) is 0 Å². The molecular formula is C21H40O5. The van der Waals surface area contributed by atoms with Gasteiger partial charge in [-0.3, -0.25) is 0 Å². The van der Waals surface area contributed by atoms with Crippen LogP contribution in [0.15, 0.2) is 0 Å². The topological polar surface area (TPSA) is 46.2 Å². The van der Waals surface area contributed by atoms with E-state index in [0.717, 1.165) is 84.5 Å². The first-order valence-corrected chi connectivity index (χ1v) is 10.9. The Kier molecular flexibility index (Phi) is 13.4. The summed E-state index contributed by atoms with van der Waals surface area (Å²) in [5.74, 6) is 0.790. The van der Waals surface area contributed by atoms with Gasteiger partial charge in [0.1, 0.15) is 0 Å². The number of unbranched alkanes of at least 4 members (excludes halogenated alkanes) is 2. The molecule has 2 rings (SSSR count). The molecule has 0 bridgehead atoms. The number of hydrogen-bond acceptors (Lipinski definition) is 5. The normalized spacial score (nSPS) is 24.0. The summed E-state index contributed by atoms with van der Waals surface area (Å²) in [6.45, 7) is 6.88. The maximum atomic E-state index is 5.71. The molecule has 26 heavy (non-hydrogen) atoms. The van der Waals surface area contributed by atoms with Crippen LogP contribution in [-0.2, 0) is 23.7 Å². The largest absolute Gasteiger partial charge is 0.381 e. The summed E-state index contributed by atoms with van der Waals surface area (Å²) < 4.78 is 28.1. The van der Waals surface area contributed by atoms with Crippen LogP contribution in [0.3, 0.4) is 0 Å². The van der Waals surface area contributed by atoms with E-state index in [1.54, 1.807) is 0 Å². The fourth-order valence-corrected chi connectivity index (χ4v) is 3.50. The Hall–Kier alpha value is -0.200. The van der Waals surface area contributed by atoms with Gasteiger partial charge >= 0.3 is 0 Å². The van der Waals surface area contributed by atoms with Crippen LogP contribution in [-0.4, -0.2) is 59.1 Å². The third-order valence-electron chi connectivity index (χ3n) is 5.11. The zero-order valence-electron chi connectivity index (χ0n) is 16.6. The van der Waals surface area contributed by atoms with Crippen LogP contribution in [0.4, 0.5) is 0 Å². The van der Waals surface area contributed by atoms with E-state index in [1.807, 2.05) is 0 Å². The van der Waals surface area contributed by atoms with Crippen molar-refractivity contribution in [2.75, 3.05) is 52.9 Å². The molecule has 0 saturated carbocycles. The zero-order valence-corrected chi connectivity index (χ0v) is 16.6. The second kappa shape index (κ2) is 15.8. The van der Waals surface area contributed by atoms with Gasteiger partial charge in [0.05, 0.1) is 0 Å². The molecule has 2 fully saturated rings. The van der Waals surface area contributed by atoms with Gasteiger partial charge < -0.3 is 23.7 Å². The molecule has 0 amide bonds. The van der Waals surface area contributed by atoms with Crippen molar-refractivity contribution in [3.05, 3.63) is 0 Å². The van der Waals surface area contributed by atoms with Crippen LogP contribution in [0.2, 0.25) is 0 Å². The molecule has 2 unspecified atom stereocenters. The van der Waals surface area contributed by atoms with E-state index in [1.165, 1.54) is 44.9 Å². The van der Waals surface area contributed by atoms with E-state index in [0.29, 0.717) is 0 Å². The van der Waals surface area contributed by atoms with Crippen molar-refractivity contribution in [1.82, 2.24) is 0 Å². The number of hydrogen-bond donors (Lipinski definition) is 0. The highest BCUT2D eigenvalue weighted by Crippen LogP contribution is 2.19. The van der Waals surface area contributed by atoms with E-state index < -0.39 is 0 Å². The maximum Gasteiger partial charge on any atom is 0.157 e. The molecule has 0 aromatic heterocycles. The molecule has 5 heteroatoms. The van der Waals surface area contributed by atoms with E-state index >= 15 is 0 Å². The minimum atomic E-state index is 0.0396. The van der Waals surface area contributed by atoms with Crippen molar-refractivity contribution in [3.8, 4) is 0 Å². The first-order valence-electron chi connectivity index (χ1n) is 10.9. The fraction of sp³-hybridized carbons (Fsp3) is 1.00. The fourth-order valence-electron chi connectivity index (χ4n) is 3.50. The molecule has 0 aromatic carbocycles. The summed E-state index contributed by atoms with van der Waals surface area (Å²) in [5, 5.41) is 0. The lowest BCUT2D eigenvalue weighted by Gasteiger charge is -2.22. The van der Waals surface area contributed by atoms with E-state index in [4.69, 9.17) is 23.7 Å². The van der Waals surface area contributed by atoms with Gasteiger partial charge in [0.25, 0.3) is 0 Å². The highest BCUT2D eigenvalue weighted by atomic mass is 16.7. The second-order valence-corrected chi connectivity index (χ2v) is 7.53. The zero-order chi connectivity index (χ0) is 18.1. The highest BCUT2D eigenvalue weighted by Gasteiger charge is 2.13. The predicted octanol–water partition coefficient (Wildman–Crippen LogP) is 4.33. The van der Waals surface area contributed by atoms with Gasteiger partial charge in [0.2, 0.25) is 0 Å². The predicted molar refractivity (Wildman–Crippen MR) is 102 cm³/mol. The average molecular weight is 373 g/mol. The van der Waals surface area contributed by atoms with Gasteiger partial charge in [0, 0.05) is 52.9 Å². The summed E-state index contributed by atoms with van der Waals surface area (Å²) in [7, 11) is 0. The molecule has 0 spiro atoms. The van der Waals surface area contributed by atoms with Crippen LogP contribution in [0.5, 0.6) is 0 Å². The Morgan fingerprint density at radius 2 is 1.46 bits per heavy atom. The van der Waals surface area contributed by atoms with Crippen LogP contribution in [0.25, 0.3) is 0 Å². The minimum absolute atomic E-state index is 0.0396. The Morgan fingerprint density at radius 1 is 0.692 bits per heavy atom. The molecule has 0 radical (unpaired) electrons. The Balaban J connectivity index is 1.22. The first kappa shape index (κ1) is 22.1. The van der Waals surface area contributed by atoms with Gasteiger partial charge in [-0.05, 0) is 70.1 Å². The molecular weight excluding hydrogens is 332 g/mol. The molecule has 0 aliphatic carbocycles. The van der Waals surface area contributed by atoms with Gasteiger partial charge in [0.15, 0.2) is 6.29 Å². The van der Waals surface area contributed by atoms with Gasteiger partial charge in [-0.2, -0.15) is 0 Å². The first-order chi connectivity index (χ1) is 12.9. The van der Waals surface area contributed by atoms with E-state index in [9.17, 15) is 0 Å². The standard InChI is InChI=1S/C21H40O5/c1(9-20-10-7-14-24-19-20)3-12-22-15-8-16-23-13-5-6-18-26-21-11-2-4-17-25-21/h20-21H,1-19H2. The molecule has 0 aromatic rings. The number of ether oxygens (including phenoxy) is 5. The molecule has 154 valence electrons. The minimum Gasteiger partial charge on any atom is -0.381 e. The Labute approximate surface area is 160 Å².